The first-order valence-electron chi connectivity index (χ1n) is 7.49. The van der Waals surface area contributed by atoms with Gasteiger partial charge < -0.3 is 9.84 Å². The number of ether oxygens (including phenoxy) is 1. The highest BCUT2D eigenvalue weighted by molar-refractivity contribution is 6.21. The maximum atomic E-state index is 12.2. The first-order valence-corrected chi connectivity index (χ1v) is 7.49. The molecular weight excluding hydrogens is 310 g/mol. The number of nitrogens with zero attached hydrogens (tertiary/aromatic N) is 1. The Labute approximate surface area is 138 Å². The van der Waals surface area contributed by atoms with Gasteiger partial charge in [0.1, 0.15) is 5.75 Å². The van der Waals surface area contributed by atoms with Gasteiger partial charge in [-0.25, -0.2) is 4.79 Å². The molecule has 0 atom stereocenters. The minimum atomic E-state index is -0.993. The van der Waals surface area contributed by atoms with Crippen molar-refractivity contribution in [3.05, 3.63) is 65.2 Å². The summed E-state index contributed by atoms with van der Waals surface area (Å²) in [6.07, 6.45) is 0.492. The molecule has 3 rings (SSSR count). The first kappa shape index (κ1) is 15.7. The van der Waals surface area contributed by atoms with Gasteiger partial charge in [0, 0.05) is 6.54 Å². The summed E-state index contributed by atoms with van der Waals surface area (Å²) < 4.78 is 5.51. The zero-order valence-electron chi connectivity index (χ0n) is 12.8. The van der Waals surface area contributed by atoms with Crippen LogP contribution in [0.15, 0.2) is 48.5 Å². The number of amides is 2. The number of fused-ring (bicyclic) bond motifs is 1. The van der Waals surface area contributed by atoms with Crippen molar-refractivity contribution in [2.75, 3.05) is 13.2 Å². The first-order chi connectivity index (χ1) is 11.6. The van der Waals surface area contributed by atoms with E-state index in [0.29, 0.717) is 29.9 Å². The van der Waals surface area contributed by atoms with E-state index in [1.54, 1.807) is 36.4 Å². The van der Waals surface area contributed by atoms with Gasteiger partial charge in [-0.15, -0.1) is 0 Å². The van der Waals surface area contributed by atoms with Crippen LogP contribution in [-0.4, -0.2) is 40.9 Å². The highest BCUT2D eigenvalue weighted by Gasteiger charge is 2.34. The normalized spacial score (nSPS) is 13.1. The monoisotopic (exact) mass is 325 g/mol. The van der Waals surface area contributed by atoms with Crippen LogP contribution in [0.4, 0.5) is 0 Å². The summed E-state index contributed by atoms with van der Waals surface area (Å²) in [6, 6.07) is 12.8. The molecule has 1 aliphatic heterocycles. The van der Waals surface area contributed by atoms with Crippen LogP contribution in [0.3, 0.4) is 0 Å². The number of rotatable bonds is 6. The van der Waals surface area contributed by atoms with Gasteiger partial charge in [-0.1, -0.05) is 12.1 Å². The van der Waals surface area contributed by atoms with Crippen LogP contribution in [0.2, 0.25) is 0 Å². The number of hydrogen-bond donors (Lipinski definition) is 1. The summed E-state index contributed by atoms with van der Waals surface area (Å²) in [6.45, 7) is 0.597. The summed E-state index contributed by atoms with van der Waals surface area (Å²) in [4.78, 5) is 36.4. The van der Waals surface area contributed by atoms with Crippen LogP contribution in [0.5, 0.6) is 5.75 Å². The Morgan fingerprint density at radius 2 is 1.54 bits per heavy atom. The van der Waals surface area contributed by atoms with Crippen LogP contribution < -0.4 is 4.74 Å². The van der Waals surface area contributed by atoms with E-state index in [4.69, 9.17) is 9.84 Å². The van der Waals surface area contributed by atoms with E-state index in [2.05, 4.69) is 0 Å². The Hall–Kier alpha value is -3.15. The Bertz CT molecular complexity index is 762. The van der Waals surface area contributed by atoms with E-state index in [-0.39, 0.29) is 23.9 Å². The summed E-state index contributed by atoms with van der Waals surface area (Å²) >= 11 is 0. The molecule has 1 aliphatic rings. The predicted octanol–water partition coefficient (Wildman–Crippen LogP) is 2.45. The van der Waals surface area contributed by atoms with Crippen LogP contribution in [0.1, 0.15) is 37.5 Å². The van der Waals surface area contributed by atoms with E-state index in [0.717, 1.165) is 0 Å². The van der Waals surface area contributed by atoms with Gasteiger partial charge in [0.05, 0.1) is 23.3 Å². The quantitative estimate of drug-likeness (QED) is 0.651. The van der Waals surface area contributed by atoms with Crippen LogP contribution in [0.25, 0.3) is 0 Å². The fraction of sp³-hybridized carbons (Fsp3) is 0.167. The maximum absolute atomic E-state index is 12.2. The molecule has 0 saturated heterocycles. The average molecular weight is 325 g/mol. The van der Waals surface area contributed by atoms with Crippen molar-refractivity contribution in [2.24, 2.45) is 0 Å². The van der Waals surface area contributed by atoms with Crippen molar-refractivity contribution in [1.29, 1.82) is 0 Å². The molecule has 2 amide bonds. The fourth-order valence-electron chi connectivity index (χ4n) is 2.55. The van der Waals surface area contributed by atoms with E-state index in [1.165, 1.54) is 17.0 Å². The number of imide groups is 1. The summed E-state index contributed by atoms with van der Waals surface area (Å²) in [5.74, 6) is -1.00. The van der Waals surface area contributed by atoms with Gasteiger partial charge in [0.25, 0.3) is 11.8 Å². The van der Waals surface area contributed by atoms with Gasteiger partial charge >= 0.3 is 5.97 Å². The number of carbonyl (C=O) groups excluding carboxylic acids is 2. The van der Waals surface area contributed by atoms with Crippen LogP contribution >= 0.6 is 0 Å². The molecule has 0 saturated carbocycles. The zero-order valence-corrected chi connectivity index (χ0v) is 12.8. The minimum absolute atomic E-state index is 0.188. The largest absolute Gasteiger partial charge is 0.494 e. The molecule has 2 aromatic carbocycles. The molecule has 0 fully saturated rings. The van der Waals surface area contributed by atoms with Gasteiger partial charge in [-0.05, 0) is 42.8 Å². The van der Waals surface area contributed by atoms with E-state index < -0.39 is 5.97 Å². The molecule has 6 nitrogen and oxygen atoms in total. The highest BCUT2D eigenvalue weighted by Crippen LogP contribution is 2.22. The van der Waals surface area contributed by atoms with Gasteiger partial charge in [0.15, 0.2) is 0 Å². The lowest BCUT2D eigenvalue weighted by Gasteiger charge is -2.14. The number of carboxylic acids is 1. The minimum Gasteiger partial charge on any atom is -0.494 e. The summed E-state index contributed by atoms with van der Waals surface area (Å²) in [5.41, 5.74) is 1.06. The molecule has 1 heterocycles. The number of carbonyl (C=O) groups is 3. The second-order valence-corrected chi connectivity index (χ2v) is 5.34. The SMILES string of the molecule is O=C(O)c1ccc(OCCCN2C(=O)c3ccccc3C2=O)cc1. The van der Waals surface area contributed by atoms with Crippen molar-refractivity contribution in [3.63, 3.8) is 0 Å². The second kappa shape index (κ2) is 6.54. The van der Waals surface area contributed by atoms with Crippen molar-refractivity contribution >= 4 is 17.8 Å². The smallest absolute Gasteiger partial charge is 0.335 e. The standard InChI is InChI=1S/C18H15NO5/c20-16-14-4-1-2-5-15(14)17(21)19(16)10-3-11-24-13-8-6-12(7-9-13)18(22)23/h1-2,4-9H,3,10-11H2,(H,22,23). The molecule has 24 heavy (non-hydrogen) atoms. The predicted molar refractivity (Wildman–Crippen MR) is 85.3 cm³/mol. The lowest BCUT2D eigenvalue weighted by atomic mass is 10.1. The molecule has 122 valence electrons. The molecule has 0 bridgehead atoms. The van der Waals surface area contributed by atoms with Crippen molar-refractivity contribution in [3.8, 4) is 5.75 Å². The lowest BCUT2D eigenvalue weighted by Crippen LogP contribution is -2.31. The summed E-state index contributed by atoms with van der Waals surface area (Å²) in [7, 11) is 0. The number of hydrogen-bond acceptors (Lipinski definition) is 4. The van der Waals surface area contributed by atoms with E-state index >= 15 is 0 Å². The zero-order chi connectivity index (χ0) is 17.1. The third-order valence-electron chi connectivity index (χ3n) is 3.77. The maximum Gasteiger partial charge on any atom is 0.335 e. The van der Waals surface area contributed by atoms with Crippen molar-refractivity contribution < 1.29 is 24.2 Å². The second-order valence-electron chi connectivity index (χ2n) is 5.34. The van der Waals surface area contributed by atoms with Crippen molar-refractivity contribution in [1.82, 2.24) is 4.90 Å². The molecule has 0 radical (unpaired) electrons. The Balaban J connectivity index is 1.52. The van der Waals surface area contributed by atoms with E-state index in [9.17, 15) is 14.4 Å². The highest BCUT2D eigenvalue weighted by atomic mass is 16.5. The molecule has 0 spiro atoms. The molecule has 0 aromatic heterocycles. The average Bonchev–Trinajstić information content (AvgIpc) is 2.84. The van der Waals surface area contributed by atoms with Gasteiger partial charge in [-0.3, -0.25) is 14.5 Å². The Kier molecular flexibility index (Phi) is 4.29. The Morgan fingerprint density at radius 1 is 0.958 bits per heavy atom. The molecule has 6 heteroatoms. The summed E-state index contributed by atoms with van der Waals surface area (Å²) in [5, 5.41) is 8.83. The lowest BCUT2D eigenvalue weighted by molar-refractivity contribution is 0.0644. The van der Waals surface area contributed by atoms with E-state index in [1.807, 2.05) is 0 Å². The third kappa shape index (κ3) is 2.99. The number of benzene rings is 2. The molecule has 0 unspecified atom stereocenters. The third-order valence-corrected chi connectivity index (χ3v) is 3.77. The van der Waals surface area contributed by atoms with Crippen molar-refractivity contribution in [2.45, 2.75) is 6.42 Å². The molecule has 1 N–H and O–H groups in total. The number of aromatic carboxylic acids is 1. The van der Waals surface area contributed by atoms with Gasteiger partial charge in [-0.2, -0.15) is 0 Å². The molecule has 0 aliphatic carbocycles. The number of carboxylic acid groups (broad SMARTS) is 1. The van der Waals surface area contributed by atoms with Gasteiger partial charge in [0.2, 0.25) is 0 Å². The van der Waals surface area contributed by atoms with Crippen LogP contribution in [-0.2, 0) is 0 Å². The Morgan fingerprint density at radius 3 is 2.08 bits per heavy atom. The fourth-order valence-corrected chi connectivity index (χ4v) is 2.55. The van der Waals surface area contributed by atoms with Crippen LogP contribution in [0, 0.1) is 0 Å². The molecule has 2 aromatic rings. The molecular formula is C18H15NO5. The topological polar surface area (TPSA) is 83.9 Å².